The molecule has 5 rings (SSSR count). The summed E-state index contributed by atoms with van der Waals surface area (Å²) in [7, 11) is 0. The molecule has 1 N–H and O–H groups in total. The highest BCUT2D eigenvalue weighted by Gasteiger charge is 2.30. The predicted octanol–water partition coefficient (Wildman–Crippen LogP) is 6.55. The van der Waals surface area contributed by atoms with E-state index in [0.717, 1.165) is 47.3 Å². The van der Waals surface area contributed by atoms with Crippen molar-refractivity contribution in [3.8, 4) is 0 Å². The largest absolute Gasteiger partial charge is 0.417 e. The molecule has 2 aromatic carbocycles. The molecule has 0 spiro atoms. The van der Waals surface area contributed by atoms with Gasteiger partial charge in [0.1, 0.15) is 0 Å². The first-order valence-electron chi connectivity index (χ1n) is 13.2. The summed E-state index contributed by atoms with van der Waals surface area (Å²) in [5.74, 6) is 0.120. The van der Waals surface area contributed by atoms with Gasteiger partial charge >= 0.3 is 6.18 Å². The molecule has 2 aromatic heterocycles. The number of carbonyl (C=O) groups excluding carboxylic acids is 2. The van der Waals surface area contributed by atoms with Crippen LogP contribution in [0.2, 0.25) is 0 Å². The van der Waals surface area contributed by atoms with Crippen molar-refractivity contribution in [3.63, 3.8) is 0 Å². The molecule has 1 aliphatic heterocycles. The molecule has 206 valence electrons. The fraction of sp³-hybridized carbons (Fsp3) is 0.290. The number of amides is 2. The molecule has 1 fully saturated rings. The van der Waals surface area contributed by atoms with Crippen LogP contribution in [0.1, 0.15) is 58.1 Å². The summed E-state index contributed by atoms with van der Waals surface area (Å²) < 4.78 is 38.0. The number of likely N-dealkylation sites (tertiary alicyclic amines) is 1. The van der Waals surface area contributed by atoms with Gasteiger partial charge in [0.2, 0.25) is 5.91 Å². The van der Waals surface area contributed by atoms with Gasteiger partial charge in [-0.2, -0.15) is 13.2 Å². The first-order valence-corrected chi connectivity index (χ1v) is 13.2. The Morgan fingerprint density at radius 1 is 0.975 bits per heavy atom. The number of halogens is 3. The number of hydrogen-bond acceptors (Lipinski definition) is 4. The Kier molecular flexibility index (Phi) is 7.82. The van der Waals surface area contributed by atoms with Gasteiger partial charge in [-0.1, -0.05) is 18.2 Å². The number of anilines is 1. The average molecular weight is 547 g/mol. The highest BCUT2D eigenvalue weighted by molar-refractivity contribution is 5.98. The molecule has 40 heavy (non-hydrogen) atoms. The molecule has 1 aliphatic rings. The molecule has 1 saturated heterocycles. The van der Waals surface area contributed by atoms with Crippen molar-refractivity contribution in [2.75, 3.05) is 18.4 Å². The Morgan fingerprint density at radius 2 is 1.73 bits per heavy atom. The lowest BCUT2D eigenvalue weighted by Gasteiger charge is -2.32. The zero-order valence-corrected chi connectivity index (χ0v) is 22.0. The third kappa shape index (κ3) is 6.47. The van der Waals surface area contributed by atoms with Crippen LogP contribution in [0, 0.1) is 6.92 Å². The second kappa shape index (κ2) is 11.5. The van der Waals surface area contributed by atoms with Crippen molar-refractivity contribution in [2.45, 2.75) is 44.7 Å². The van der Waals surface area contributed by atoms with Crippen LogP contribution in [0.15, 0.2) is 72.9 Å². The maximum absolute atomic E-state index is 13.1. The third-order valence-electron chi connectivity index (χ3n) is 7.28. The smallest absolute Gasteiger partial charge is 0.339 e. The Bertz CT molecular complexity index is 1510. The third-order valence-corrected chi connectivity index (χ3v) is 7.28. The van der Waals surface area contributed by atoms with Crippen molar-refractivity contribution in [1.29, 1.82) is 0 Å². The second-order valence-electron chi connectivity index (χ2n) is 10.1. The van der Waals surface area contributed by atoms with Crippen molar-refractivity contribution in [2.24, 2.45) is 0 Å². The number of rotatable bonds is 6. The lowest BCUT2D eigenvalue weighted by molar-refractivity contribution is -0.137. The van der Waals surface area contributed by atoms with Gasteiger partial charge in [0, 0.05) is 53.7 Å². The number of hydrogen-bond donors (Lipinski definition) is 1. The topological polar surface area (TPSA) is 75.2 Å². The number of carbonyl (C=O) groups is 2. The molecule has 9 heteroatoms. The number of nitrogens with one attached hydrogen (secondary N) is 1. The molecule has 0 unspecified atom stereocenters. The van der Waals surface area contributed by atoms with Crippen molar-refractivity contribution in [1.82, 2.24) is 14.9 Å². The van der Waals surface area contributed by atoms with E-state index in [2.05, 4.69) is 15.3 Å². The van der Waals surface area contributed by atoms with E-state index in [1.54, 1.807) is 0 Å². The van der Waals surface area contributed by atoms with Crippen LogP contribution in [0.5, 0.6) is 0 Å². The fourth-order valence-corrected chi connectivity index (χ4v) is 5.00. The molecule has 4 aromatic rings. The maximum atomic E-state index is 13.1. The van der Waals surface area contributed by atoms with Crippen LogP contribution >= 0.6 is 0 Å². The number of aromatic nitrogens is 2. The van der Waals surface area contributed by atoms with Gasteiger partial charge in [0.05, 0.1) is 11.1 Å². The summed E-state index contributed by atoms with van der Waals surface area (Å²) in [6.45, 7) is 3.29. The maximum Gasteiger partial charge on any atom is 0.417 e. The predicted molar refractivity (Wildman–Crippen MR) is 147 cm³/mol. The summed E-state index contributed by atoms with van der Waals surface area (Å²) in [6.07, 6.45) is -1.58. The van der Waals surface area contributed by atoms with Gasteiger partial charge in [0.15, 0.2) is 0 Å². The SMILES string of the molecule is Cc1ccc2cc(C(=O)N3CCC(c4ccc(NC(=O)CCc5ccc(C(F)(F)F)cn5)cc4)CC3)ccc2n1. The van der Waals surface area contributed by atoms with Crippen molar-refractivity contribution >= 4 is 28.4 Å². The first-order chi connectivity index (χ1) is 19.2. The molecule has 3 heterocycles. The second-order valence-corrected chi connectivity index (χ2v) is 10.1. The van der Waals surface area contributed by atoms with Gasteiger partial charge in [0.25, 0.3) is 5.91 Å². The van der Waals surface area contributed by atoms with E-state index in [-0.39, 0.29) is 24.7 Å². The molecule has 0 saturated carbocycles. The van der Waals surface area contributed by atoms with E-state index in [4.69, 9.17) is 0 Å². The minimum absolute atomic E-state index is 0.0329. The van der Waals surface area contributed by atoms with E-state index in [0.29, 0.717) is 36.0 Å². The monoisotopic (exact) mass is 546 g/mol. The molecule has 6 nitrogen and oxygen atoms in total. The highest BCUT2D eigenvalue weighted by Crippen LogP contribution is 2.30. The van der Waals surface area contributed by atoms with E-state index in [1.807, 2.05) is 66.4 Å². The minimum Gasteiger partial charge on any atom is -0.339 e. The van der Waals surface area contributed by atoms with E-state index >= 15 is 0 Å². The van der Waals surface area contributed by atoms with Crippen LogP contribution in [0.25, 0.3) is 10.9 Å². The quantitative estimate of drug-likeness (QED) is 0.298. The van der Waals surface area contributed by atoms with E-state index in [1.165, 1.54) is 6.07 Å². The van der Waals surface area contributed by atoms with E-state index < -0.39 is 11.7 Å². The minimum atomic E-state index is -4.43. The molecule has 2 amide bonds. The molecule has 0 radical (unpaired) electrons. The Hall–Kier alpha value is -4.27. The van der Waals surface area contributed by atoms with Crippen molar-refractivity contribution in [3.05, 3.63) is 101 Å². The number of piperidine rings is 1. The van der Waals surface area contributed by atoms with Crippen LogP contribution < -0.4 is 5.32 Å². The Morgan fingerprint density at radius 3 is 2.40 bits per heavy atom. The Balaban J connectivity index is 1.10. The number of aryl methyl sites for hydroxylation is 2. The van der Waals surface area contributed by atoms with Crippen LogP contribution in [-0.2, 0) is 17.4 Å². The summed E-state index contributed by atoms with van der Waals surface area (Å²) in [5.41, 5.74) is 3.93. The zero-order chi connectivity index (χ0) is 28.3. The van der Waals surface area contributed by atoms with Gasteiger partial charge in [-0.15, -0.1) is 0 Å². The summed E-state index contributed by atoms with van der Waals surface area (Å²) in [5, 5.41) is 3.78. The lowest BCUT2D eigenvalue weighted by atomic mass is 9.89. The summed E-state index contributed by atoms with van der Waals surface area (Å²) in [6, 6.07) is 19.5. The number of nitrogens with zero attached hydrogens (tertiary/aromatic N) is 3. The fourth-order valence-electron chi connectivity index (χ4n) is 5.00. The van der Waals surface area contributed by atoms with Crippen LogP contribution in [0.4, 0.5) is 18.9 Å². The van der Waals surface area contributed by atoms with Gasteiger partial charge in [-0.05, 0) is 86.2 Å². The molecule has 0 aliphatic carbocycles. The molecular weight excluding hydrogens is 517 g/mol. The number of fused-ring (bicyclic) bond motifs is 1. The first kappa shape index (κ1) is 27.3. The normalized spacial score (nSPS) is 14.3. The molecular formula is C31H29F3N4O2. The Labute approximate surface area is 230 Å². The zero-order valence-electron chi connectivity index (χ0n) is 22.0. The van der Waals surface area contributed by atoms with Crippen molar-refractivity contribution < 1.29 is 22.8 Å². The number of pyridine rings is 2. The summed E-state index contributed by atoms with van der Waals surface area (Å²) >= 11 is 0. The van der Waals surface area contributed by atoms with E-state index in [9.17, 15) is 22.8 Å². The standard InChI is InChI=1S/C31H29F3N4O2/c1-20-2-3-23-18-24(6-12-28(23)36-20)30(40)38-16-14-22(15-17-38)21-4-8-27(9-5-21)37-29(39)13-11-26-10-7-25(19-35-26)31(32,33)34/h2-10,12,18-19,22H,11,13-17H2,1H3,(H,37,39). The molecule has 0 atom stereocenters. The lowest BCUT2D eigenvalue weighted by Crippen LogP contribution is -2.37. The van der Waals surface area contributed by atoms with Crippen LogP contribution in [-0.4, -0.2) is 39.8 Å². The summed E-state index contributed by atoms with van der Waals surface area (Å²) in [4.78, 5) is 35.7. The van der Waals surface area contributed by atoms with Gasteiger partial charge < -0.3 is 10.2 Å². The van der Waals surface area contributed by atoms with Crippen LogP contribution in [0.3, 0.4) is 0 Å². The number of benzene rings is 2. The van der Waals surface area contributed by atoms with Gasteiger partial charge in [-0.25, -0.2) is 0 Å². The highest BCUT2D eigenvalue weighted by atomic mass is 19.4. The average Bonchev–Trinajstić information content (AvgIpc) is 2.96. The number of alkyl halides is 3. The molecule has 0 bridgehead atoms. The van der Waals surface area contributed by atoms with Gasteiger partial charge in [-0.3, -0.25) is 19.6 Å².